The standard InChI is InChI=1S/C21H21N3O3/c1-26-18-10-6-16(7-11-18)21(12-2-3-13-21)20(25)23-17-8-4-15(5-9-17)19-24-22-14-27-19/h4-11,14H,2-3,12-13H2,1H3,(H,23,25). The highest BCUT2D eigenvalue weighted by Gasteiger charge is 2.42. The minimum atomic E-state index is -0.489. The summed E-state index contributed by atoms with van der Waals surface area (Å²) in [6.07, 6.45) is 5.10. The molecule has 1 amide bonds. The van der Waals surface area contributed by atoms with Crippen molar-refractivity contribution in [2.75, 3.05) is 12.4 Å². The van der Waals surface area contributed by atoms with Crippen LogP contribution in [0.25, 0.3) is 11.5 Å². The third-order valence-electron chi connectivity index (χ3n) is 5.28. The van der Waals surface area contributed by atoms with Crippen LogP contribution < -0.4 is 10.1 Å². The lowest BCUT2D eigenvalue weighted by Gasteiger charge is -2.28. The molecule has 27 heavy (non-hydrogen) atoms. The van der Waals surface area contributed by atoms with Crippen LogP contribution in [0.1, 0.15) is 31.2 Å². The first-order valence-corrected chi connectivity index (χ1v) is 9.04. The molecule has 0 saturated heterocycles. The van der Waals surface area contributed by atoms with Crippen molar-refractivity contribution in [3.8, 4) is 17.2 Å². The van der Waals surface area contributed by atoms with Crippen molar-refractivity contribution in [3.05, 3.63) is 60.5 Å². The SMILES string of the molecule is COc1ccc(C2(C(=O)Nc3ccc(-c4nnco4)cc3)CCCC2)cc1. The first-order valence-electron chi connectivity index (χ1n) is 9.04. The molecule has 1 aliphatic carbocycles. The summed E-state index contributed by atoms with van der Waals surface area (Å²) in [7, 11) is 1.64. The zero-order valence-corrected chi connectivity index (χ0v) is 15.1. The van der Waals surface area contributed by atoms with E-state index in [9.17, 15) is 4.79 Å². The molecule has 4 rings (SSSR count). The minimum Gasteiger partial charge on any atom is -0.497 e. The van der Waals surface area contributed by atoms with Gasteiger partial charge in [-0.3, -0.25) is 4.79 Å². The molecule has 0 bridgehead atoms. The van der Waals surface area contributed by atoms with Gasteiger partial charge in [-0.05, 0) is 54.8 Å². The van der Waals surface area contributed by atoms with Gasteiger partial charge in [0.2, 0.25) is 18.2 Å². The van der Waals surface area contributed by atoms with Gasteiger partial charge in [0, 0.05) is 11.3 Å². The molecule has 0 atom stereocenters. The van der Waals surface area contributed by atoms with Crippen LogP contribution in [-0.2, 0) is 10.2 Å². The fraction of sp³-hybridized carbons (Fsp3) is 0.286. The topological polar surface area (TPSA) is 77.2 Å². The molecule has 2 aromatic carbocycles. The molecule has 6 nitrogen and oxygen atoms in total. The Morgan fingerprint density at radius 3 is 2.37 bits per heavy atom. The van der Waals surface area contributed by atoms with Crippen LogP contribution >= 0.6 is 0 Å². The number of amides is 1. The quantitative estimate of drug-likeness (QED) is 0.735. The Hall–Kier alpha value is -3.15. The van der Waals surface area contributed by atoms with Crippen molar-refractivity contribution in [2.45, 2.75) is 31.1 Å². The molecular weight excluding hydrogens is 342 g/mol. The molecule has 1 fully saturated rings. The Balaban J connectivity index is 1.55. The monoisotopic (exact) mass is 363 g/mol. The summed E-state index contributed by atoms with van der Waals surface area (Å²) >= 11 is 0. The summed E-state index contributed by atoms with van der Waals surface area (Å²) in [5, 5.41) is 10.7. The Morgan fingerprint density at radius 2 is 1.78 bits per heavy atom. The zero-order valence-electron chi connectivity index (χ0n) is 15.1. The Kier molecular flexibility index (Phi) is 4.62. The Bertz CT molecular complexity index is 897. The number of benzene rings is 2. The number of methoxy groups -OCH3 is 1. The summed E-state index contributed by atoms with van der Waals surface area (Å²) in [4.78, 5) is 13.2. The van der Waals surface area contributed by atoms with Gasteiger partial charge < -0.3 is 14.5 Å². The number of anilines is 1. The number of hydrogen-bond acceptors (Lipinski definition) is 5. The molecule has 6 heteroatoms. The first kappa shape index (κ1) is 17.3. The molecule has 1 aromatic heterocycles. The van der Waals surface area contributed by atoms with Gasteiger partial charge >= 0.3 is 0 Å². The van der Waals surface area contributed by atoms with Crippen molar-refractivity contribution in [2.24, 2.45) is 0 Å². The lowest BCUT2D eigenvalue weighted by atomic mass is 9.78. The average Bonchev–Trinajstić information content (AvgIpc) is 3.41. The van der Waals surface area contributed by atoms with Crippen LogP contribution in [0.5, 0.6) is 5.75 Å². The number of carbonyl (C=O) groups excluding carboxylic acids is 1. The second-order valence-corrected chi connectivity index (χ2v) is 6.79. The maximum absolute atomic E-state index is 13.2. The number of nitrogens with one attached hydrogen (secondary N) is 1. The number of carbonyl (C=O) groups is 1. The van der Waals surface area contributed by atoms with Crippen LogP contribution in [0.4, 0.5) is 5.69 Å². The van der Waals surface area contributed by atoms with Crippen LogP contribution in [-0.4, -0.2) is 23.2 Å². The van der Waals surface area contributed by atoms with Gasteiger partial charge in [0.15, 0.2) is 0 Å². The zero-order chi connectivity index (χ0) is 18.7. The highest BCUT2D eigenvalue weighted by atomic mass is 16.5. The predicted molar refractivity (Wildman–Crippen MR) is 102 cm³/mol. The molecule has 0 radical (unpaired) electrons. The number of aromatic nitrogens is 2. The second kappa shape index (κ2) is 7.23. The average molecular weight is 363 g/mol. The molecule has 138 valence electrons. The molecule has 1 saturated carbocycles. The van der Waals surface area contributed by atoms with E-state index < -0.39 is 5.41 Å². The summed E-state index contributed by atoms with van der Waals surface area (Å²) in [6, 6.07) is 15.3. The van der Waals surface area contributed by atoms with E-state index in [0.717, 1.165) is 48.2 Å². The van der Waals surface area contributed by atoms with Crippen LogP contribution in [0, 0.1) is 0 Å². The largest absolute Gasteiger partial charge is 0.497 e. The van der Waals surface area contributed by atoms with Crippen LogP contribution in [0.15, 0.2) is 59.3 Å². The van der Waals surface area contributed by atoms with Gasteiger partial charge in [-0.1, -0.05) is 25.0 Å². The Labute approximate surface area is 157 Å². The third kappa shape index (κ3) is 3.30. The maximum atomic E-state index is 13.2. The van der Waals surface area contributed by atoms with Crippen molar-refractivity contribution < 1.29 is 13.9 Å². The molecule has 0 aliphatic heterocycles. The van der Waals surface area contributed by atoms with E-state index in [-0.39, 0.29) is 5.91 Å². The van der Waals surface area contributed by atoms with Crippen molar-refractivity contribution in [1.29, 1.82) is 0 Å². The van der Waals surface area contributed by atoms with E-state index in [1.54, 1.807) is 7.11 Å². The lowest BCUT2D eigenvalue weighted by molar-refractivity contribution is -0.121. The normalized spacial score (nSPS) is 15.4. The minimum absolute atomic E-state index is 0.0377. The van der Waals surface area contributed by atoms with E-state index in [4.69, 9.17) is 9.15 Å². The summed E-state index contributed by atoms with van der Waals surface area (Å²) < 4.78 is 10.4. The fourth-order valence-electron chi connectivity index (χ4n) is 3.78. The van der Waals surface area contributed by atoms with Gasteiger partial charge in [0.25, 0.3) is 0 Å². The third-order valence-corrected chi connectivity index (χ3v) is 5.28. The van der Waals surface area contributed by atoms with Gasteiger partial charge in [0.1, 0.15) is 5.75 Å². The van der Waals surface area contributed by atoms with Gasteiger partial charge in [-0.25, -0.2) is 0 Å². The van der Waals surface area contributed by atoms with Gasteiger partial charge in [0.05, 0.1) is 12.5 Å². The van der Waals surface area contributed by atoms with Crippen LogP contribution in [0.3, 0.4) is 0 Å². The van der Waals surface area contributed by atoms with E-state index >= 15 is 0 Å². The summed E-state index contributed by atoms with van der Waals surface area (Å²) in [5.41, 5.74) is 2.12. The lowest BCUT2D eigenvalue weighted by Crippen LogP contribution is -2.37. The molecule has 1 N–H and O–H groups in total. The highest BCUT2D eigenvalue weighted by Crippen LogP contribution is 2.42. The van der Waals surface area contributed by atoms with E-state index in [0.29, 0.717) is 5.89 Å². The molecule has 0 unspecified atom stereocenters. The molecular formula is C21H21N3O3. The first-order chi connectivity index (χ1) is 13.2. The maximum Gasteiger partial charge on any atom is 0.247 e. The van der Waals surface area contributed by atoms with Crippen molar-refractivity contribution in [1.82, 2.24) is 10.2 Å². The number of ether oxygens (including phenoxy) is 1. The summed E-state index contributed by atoms with van der Waals surface area (Å²) in [6.45, 7) is 0. The van der Waals surface area contributed by atoms with E-state index in [1.165, 1.54) is 6.39 Å². The van der Waals surface area contributed by atoms with Gasteiger partial charge in [-0.2, -0.15) is 0 Å². The number of rotatable bonds is 5. The smallest absolute Gasteiger partial charge is 0.247 e. The highest BCUT2D eigenvalue weighted by molar-refractivity contribution is 5.99. The van der Waals surface area contributed by atoms with Crippen LogP contribution in [0.2, 0.25) is 0 Å². The molecule has 0 spiro atoms. The number of nitrogens with zero attached hydrogens (tertiary/aromatic N) is 2. The van der Waals surface area contributed by atoms with E-state index in [1.807, 2.05) is 48.5 Å². The van der Waals surface area contributed by atoms with Gasteiger partial charge in [-0.15, -0.1) is 10.2 Å². The van der Waals surface area contributed by atoms with Crippen molar-refractivity contribution in [3.63, 3.8) is 0 Å². The Morgan fingerprint density at radius 1 is 1.07 bits per heavy atom. The fourth-order valence-corrected chi connectivity index (χ4v) is 3.78. The molecule has 1 heterocycles. The van der Waals surface area contributed by atoms with E-state index in [2.05, 4.69) is 15.5 Å². The predicted octanol–water partition coefficient (Wildman–Crippen LogP) is 4.20. The summed E-state index contributed by atoms with van der Waals surface area (Å²) in [5.74, 6) is 1.29. The second-order valence-electron chi connectivity index (χ2n) is 6.79. The molecule has 3 aromatic rings. The number of hydrogen-bond donors (Lipinski definition) is 1. The molecule has 1 aliphatic rings. The van der Waals surface area contributed by atoms with Crippen molar-refractivity contribution >= 4 is 11.6 Å².